The average molecular weight is 461 g/mol. The molecule has 2 N–H and O–H groups in total. The molecule has 0 aromatic carbocycles. The number of guanidine groups is 1. The van der Waals surface area contributed by atoms with Gasteiger partial charge in [-0.15, -0.1) is 34.2 Å². The zero-order valence-corrected chi connectivity index (χ0v) is 18.0. The van der Waals surface area contributed by atoms with Crippen LogP contribution in [0.25, 0.3) is 0 Å². The lowest BCUT2D eigenvalue weighted by Crippen LogP contribution is -2.49. The van der Waals surface area contributed by atoms with E-state index in [1.54, 1.807) is 0 Å². The highest BCUT2D eigenvalue weighted by atomic mass is 127. The summed E-state index contributed by atoms with van der Waals surface area (Å²) < 4.78 is 2.25. The minimum absolute atomic E-state index is 0. The Balaban J connectivity index is 0.00000225. The average Bonchev–Trinajstić information content (AvgIpc) is 3.02. The summed E-state index contributed by atoms with van der Waals surface area (Å²) in [7, 11) is 1.83. The first-order valence-electron chi connectivity index (χ1n) is 9.29. The number of piperidine rings is 1. The minimum Gasteiger partial charge on any atom is -0.354 e. The second-order valence-corrected chi connectivity index (χ2v) is 7.12. The Hall–Kier alpha value is -0.900. The molecular formula is C17H32IN7. The van der Waals surface area contributed by atoms with Crippen LogP contribution < -0.4 is 10.6 Å². The van der Waals surface area contributed by atoms with E-state index in [1.165, 1.54) is 25.7 Å². The number of fused-ring (bicyclic) bond motifs is 1. The van der Waals surface area contributed by atoms with Crippen LogP contribution in [0, 0.1) is 0 Å². The van der Waals surface area contributed by atoms with Gasteiger partial charge in [-0.05, 0) is 39.5 Å². The van der Waals surface area contributed by atoms with Gasteiger partial charge in [-0.3, -0.25) is 4.99 Å². The molecule has 0 aliphatic carbocycles. The molecule has 2 aliphatic heterocycles. The van der Waals surface area contributed by atoms with Crippen LogP contribution in [-0.2, 0) is 19.5 Å². The number of aromatic nitrogens is 3. The van der Waals surface area contributed by atoms with E-state index in [0.717, 1.165) is 43.7 Å². The van der Waals surface area contributed by atoms with Gasteiger partial charge in [0.2, 0.25) is 0 Å². The lowest BCUT2D eigenvalue weighted by Gasteiger charge is -2.35. The third-order valence-electron chi connectivity index (χ3n) is 5.17. The van der Waals surface area contributed by atoms with Crippen LogP contribution in [0.4, 0.5) is 0 Å². The summed E-state index contributed by atoms with van der Waals surface area (Å²) in [5.41, 5.74) is 0. The first-order chi connectivity index (χ1) is 11.7. The van der Waals surface area contributed by atoms with Crippen molar-refractivity contribution in [3.63, 3.8) is 0 Å². The number of nitrogens with zero attached hydrogens (tertiary/aromatic N) is 5. The van der Waals surface area contributed by atoms with Gasteiger partial charge in [-0.1, -0.05) is 0 Å². The lowest BCUT2D eigenvalue weighted by molar-refractivity contribution is 0.167. The summed E-state index contributed by atoms with van der Waals surface area (Å²) in [4.78, 5) is 6.91. The van der Waals surface area contributed by atoms with E-state index in [0.29, 0.717) is 18.6 Å². The number of halogens is 1. The fourth-order valence-electron chi connectivity index (χ4n) is 3.61. The summed E-state index contributed by atoms with van der Waals surface area (Å²) >= 11 is 0. The molecule has 1 aromatic rings. The molecule has 1 saturated heterocycles. The van der Waals surface area contributed by atoms with Crippen molar-refractivity contribution >= 4 is 29.9 Å². The van der Waals surface area contributed by atoms with E-state index >= 15 is 0 Å². The van der Waals surface area contributed by atoms with E-state index in [2.05, 4.69) is 49.1 Å². The Morgan fingerprint density at radius 1 is 1.20 bits per heavy atom. The maximum atomic E-state index is 4.37. The number of likely N-dealkylation sites (tertiary alicyclic amines) is 1. The summed E-state index contributed by atoms with van der Waals surface area (Å²) in [5, 5.41) is 15.6. The number of aryl methyl sites for hydroxylation is 1. The van der Waals surface area contributed by atoms with Crippen molar-refractivity contribution in [2.45, 2.75) is 71.1 Å². The Morgan fingerprint density at radius 3 is 2.64 bits per heavy atom. The summed E-state index contributed by atoms with van der Waals surface area (Å²) in [6, 6.07) is 1.14. The van der Waals surface area contributed by atoms with Gasteiger partial charge in [0.05, 0.1) is 6.54 Å². The quantitative estimate of drug-likeness (QED) is 0.407. The fraction of sp³-hybridized carbons (Fsp3) is 0.824. The predicted octanol–water partition coefficient (Wildman–Crippen LogP) is 1.77. The van der Waals surface area contributed by atoms with E-state index in [1.807, 2.05) is 7.05 Å². The number of nitrogens with one attached hydrogen (secondary N) is 2. The van der Waals surface area contributed by atoms with Crippen molar-refractivity contribution in [2.24, 2.45) is 4.99 Å². The smallest absolute Gasteiger partial charge is 0.191 e. The molecular weight excluding hydrogens is 429 g/mol. The van der Waals surface area contributed by atoms with Gasteiger partial charge in [0.15, 0.2) is 11.8 Å². The van der Waals surface area contributed by atoms with Crippen molar-refractivity contribution in [1.82, 2.24) is 30.3 Å². The third kappa shape index (κ3) is 5.29. The summed E-state index contributed by atoms with van der Waals surface area (Å²) in [6.45, 7) is 8.57. The standard InChI is InChI=1S/C17H31N7.HI/c1-13(2)23-10-7-14(8-11-23)20-17(18-3)19-12-16-22-21-15-6-4-5-9-24(15)16;/h13-14H,4-12H2,1-3H3,(H2,18,19,20);1H. The first kappa shape index (κ1) is 20.4. The third-order valence-corrected chi connectivity index (χ3v) is 5.17. The molecule has 2 aliphatic rings. The lowest BCUT2D eigenvalue weighted by atomic mass is 10.0. The van der Waals surface area contributed by atoms with Crippen LogP contribution in [-0.4, -0.2) is 57.8 Å². The SMILES string of the molecule is CN=C(NCc1nnc2n1CCCC2)NC1CCN(C(C)C)CC1.I. The van der Waals surface area contributed by atoms with Crippen molar-refractivity contribution in [1.29, 1.82) is 0 Å². The number of hydrogen-bond acceptors (Lipinski definition) is 4. The zero-order valence-electron chi connectivity index (χ0n) is 15.7. The Labute approximate surface area is 168 Å². The molecule has 25 heavy (non-hydrogen) atoms. The van der Waals surface area contributed by atoms with E-state index in [4.69, 9.17) is 0 Å². The van der Waals surface area contributed by atoms with Gasteiger partial charge in [0.25, 0.3) is 0 Å². The molecule has 0 saturated carbocycles. The second-order valence-electron chi connectivity index (χ2n) is 7.12. The summed E-state index contributed by atoms with van der Waals surface area (Å²) in [6.07, 6.45) is 5.83. The van der Waals surface area contributed by atoms with Crippen LogP contribution >= 0.6 is 24.0 Å². The maximum absolute atomic E-state index is 4.37. The molecule has 0 radical (unpaired) electrons. The van der Waals surface area contributed by atoms with Crippen molar-refractivity contribution in [3.8, 4) is 0 Å². The molecule has 0 bridgehead atoms. The Kier molecular flexibility index (Phi) is 7.92. The molecule has 1 aromatic heterocycles. The molecule has 0 spiro atoms. The van der Waals surface area contributed by atoms with Gasteiger partial charge < -0.3 is 20.1 Å². The summed E-state index contributed by atoms with van der Waals surface area (Å²) in [5.74, 6) is 3.01. The van der Waals surface area contributed by atoms with Gasteiger partial charge in [-0.25, -0.2) is 0 Å². The first-order valence-corrected chi connectivity index (χ1v) is 9.29. The highest BCUT2D eigenvalue weighted by molar-refractivity contribution is 14.0. The van der Waals surface area contributed by atoms with Gasteiger partial charge in [-0.2, -0.15) is 0 Å². The molecule has 8 heteroatoms. The topological polar surface area (TPSA) is 70.4 Å². The molecule has 7 nitrogen and oxygen atoms in total. The highest BCUT2D eigenvalue weighted by Crippen LogP contribution is 2.14. The van der Waals surface area contributed by atoms with Crippen molar-refractivity contribution in [2.75, 3.05) is 20.1 Å². The largest absolute Gasteiger partial charge is 0.354 e. The van der Waals surface area contributed by atoms with Crippen molar-refractivity contribution in [3.05, 3.63) is 11.6 Å². The highest BCUT2D eigenvalue weighted by Gasteiger charge is 2.22. The van der Waals surface area contributed by atoms with Crippen LogP contribution in [0.15, 0.2) is 4.99 Å². The molecule has 0 amide bonds. The normalized spacial score (nSPS) is 19.4. The van der Waals surface area contributed by atoms with E-state index in [9.17, 15) is 0 Å². The Morgan fingerprint density at radius 2 is 1.96 bits per heavy atom. The maximum Gasteiger partial charge on any atom is 0.191 e. The number of rotatable bonds is 4. The van der Waals surface area contributed by atoms with Crippen molar-refractivity contribution < 1.29 is 0 Å². The van der Waals surface area contributed by atoms with Gasteiger partial charge >= 0.3 is 0 Å². The second kappa shape index (κ2) is 9.70. The van der Waals surface area contributed by atoms with Gasteiger partial charge in [0, 0.05) is 45.2 Å². The molecule has 1 fully saturated rings. The van der Waals surface area contributed by atoms with Crippen LogP contribution in [0.1, 0.15) is 51.2 Å². The number of hydrogen-bond donors (Lipinski definition) is 2. The Bertz CT molecular complexity index is 561. The molecule has 3 heterocycles. The van der Waals surface area contributed by atoms with Gasteiger partial charge in [0.1, 0.15) is 5.82 Å². The van der Waals surface area contributed by atoms with Crippen LogP contribution in [0.3, 0.4) is 0 Å². The van der Waals surface area contributed by atoms with E-state index < -0.39 is 0 Å². The molecule has 0 unspecified atom stereocenters. The zero-order chi connectivity index (χ0) is 16.9. The van der Waals surface area contributed by atoms with Crippen LogP contribution in [0.5, 0.6) is 0 Å². The fourth-order valence-corrected chi connectivity index (χ4v) is 3.61. The molecule has 0 atom stereocenters. The monoisotopic (exact) mass is 461 g/mol. The molecule has 3 rings (SSSR count). The molecule has 142 valence electrons. The number of aliphatic imine (C=N–C) groups is 1. The predicted molar refractivity (Wildman–Crippen MR) is 111 cm³/mol. The van der Waals surface area contributed by atoms with E-state index in [-0.39, 0.29) is 24.0 Å². The van der Waals surface area contributed by atoms with Crippen LogP contribution in [0.2, 0.25) is 0 Å². The minimum atomic E-state index is 0.